The van der Waals surface area contributed by atoms with E-state index in [2.05, 4.69) is 9.88 Å². The van der Waals surface area contributed by atoms with Crippen molar-refractivity contribution in [2.45, 2.75) is 38.8 Å². The van der Waals surface area contributed by atoms with E-state index >= 15 is 0 Å². The van der Waals surface area contributed by atoms with Crippen LogP contribution in [0.1, 0.15) is 36.3 Å². The van der Waals surface area contributed by atoms with Gasteiger partial charge in [-0.1, -0.05) is 37.3 Å². The molecule has 1 saturated heterocycles. The zero-order valence-corrected chi connectivity index (χ0v) is 12.7. The highest BCUT2D eigenvalue weighted by Crippen LogP contribution is 2.32. The lowest BCUT2D eigenvalue weighted by atomic mass is 9.93. The first-order valence-corrected chi connectivity index (χ1v) is 7.56. The van der Waals surface area contributed by atoms with E-state index in [1.807, 2.05) is 44.2 Å². The van der Waals surface area contributed by atoms with Gasteiger partial charge in [0.2, 0.25) is 0 Å². The highest BCUT2D eigenvalue weighted by molar-refractivity contribution is 5.24. The lowest BCUT2D eigenvalue weighted by molar-refractivity contribution is 0.0445. The number of rotatable bonds is 4. The summed E-state index contributed by atoms with van der Waals surface area (Å²) in [5.41, 5.74) is 1.21. The molecule has 112 valence electrons. The molecule has 21 heavy (non-hydrogen) atoms. The second-order valence-corrected chi connectivity index (χ2v) is 5.83. The van der Waals surface area contributed by atoms with Crippen LogP contribution in [0.25, 0.3) is 0 Å². The van der Waals surface area contributed by atoms with Crippen LogP contribution in [0.4, 0.5) is 0 Å². The Morgan fingerprint density at radius 1 is 1.33 bits per heavy atom. The van der Waals surface area contributed by atoms with Gasteiger partial charge in [-0.2, -0.15) is 0 Å². The van der Waals surface area contributed by atoms with Crippen LogP contribution in [0, 0.1) is 6.92 Å². The van der Waals surface area contributed by atoms with Gasteiger partial charge in [0, 0.05) is 19.5 Å². The van der Waals surface area contributed by atoms with Crippen LogP contribution < -0.4 is 0 Å². The molecule has 2 aromatic rings. The van der Waals surface area contributed by atoms with E-state index in [0.717, 1.165) is 42.3 Å². The van der Waals surface area contributed by atoms with Crippen LogP contribution >= 0.6 is 0 Å². The molecule has 0 saturated carbocycles. The summed E-state index contributed by atoms with van der Waals surface area (Å²) < 4.78 is 5.76. The van der Waals surface area contributed by atoms with Gasteiger partial charge in [-0.3, -0.25) is 4.90 Å². The molecular weight excluding hydrogens is 264 g/mol. The van der Waals surface area contributed by atoms with Gasteiger partial charge in [0.25, 0.3) is 0 Å². The van der Waals surface area contributed by atoms with Gasteiger partial charge >= 0.3 is 0 Å². The second-order valence-electron chi connectivity index (χ2n) is 5.83. The minimum absolute atomic E-state index is 0.638. The summed E-state index contributed by atoms with van der Waals surface area (Å²) >= 11 is 0. The van der Waals surface area contributed by atoms with Crippen molar-refractivity contribution in [1.82, 2.24) is 9.88 Å². The highest BCUT2D eigenvalue weighted by atomic mass is 16.4. The quantitative estimate of drug-likeness (QED) is 0.938. The molecule has 4 nitrogen and oxygen atoms in total. The standard InChI is InChI=1S/C17H22N2O2/c1-3-16-18-13(2)15(21-16)11-19-10-9-17(20,12-19)14-7-5-4-6-8-14/h4-8,20H,3,9-12H2,1-2H3. The molecule has 1 aliphatic heterocycles. The molecule has 1 N–H and O–H groups in total. The minimum Gasteiger partial charge on any atom is -0.444 e. The lowest BCUT2D eigenvalue weighted by Crippen LogP contribution is -2.30. The second kappa shape index (κ2) is 5.62. The van der Waals surface area contributed by atoms with E-state index in [0.29, 0.717) is 13.1 Å². The van der Waals surface area contributed by atoms with Crippen molar-refractivity contribution in [3.63, 3.8) is 0 Å². The molecule has 0 radical (unpaired) electrons. The number of hydrogen-bond donors (Lipinski definition) is 1. The largest absolute Gasteiger partial charge is 0.444 e. The maximum Gasteiger partial charge on any atom is 0.194 e. The Hall–Kier alpha value is -1.65. The molecule has 2 heterocycles. The van der Waals surface area contributed by atoms with E-state index in [-0.39, 0.29) is 0 Å². The molecule has 1 aliphatic rings. The highest BCUT2D eigenvalue weighted by Gasteiger charge is 2.37. The zero-order valence-electron chi connectivity index (χ0n) is 12.7. The third kappa shape index (κ3) is 2.87. The Kier molecular flexibility index (Phi) is 3.83. The van der Waals surface area contributed by atoms with Crippen LogP contribution in [0.15, 0.2) is 34.7 Å². The number of hydrogen-bond acceptors (Lipinski definition) is 4. The molecule has 0 spiro atoms. The SMILES string of the molecule is CCc1nc(C)c(CN2CCC(O)(c3ccccc3)C2)o1. The molecule has 1 fully saturated rings. The average molecular weight is 286 g/mol. The molecule has 1 unspecified atom stereocenters. The predicted molar refractivity (Wildman–Crippen MR) is 80.9 cm³/mol. The van der Waals surface area contributed by atoms with Crippen molar-refractivity contribution in [2.24, 2.45) is 0 Å². The number of aromatic nitrogens is 1. The lowest BCUT2D eigenvalue weighted by Gasteiger charge is -2.23. The van der Waals surface area contributed by atoms with E-state index in [1.165, 1.54) is 0 Å². The van der Waals surface area contributed by atoms with Crippen molar-refractivity contribution < 1.29 is 9.52 Å². The van der Waals surface area contributed by atoms with Crippen molar-refractivity contribution in [3.05, 3.63) is 53.2 Å². The van der Waals surface area contributed by atoms with Crippen LogP contribution in [-0.4, -0.2) is 28.1 Å². The van der Waals surface area contributed by atoms with Crippen LogP contribution in [0.5, 0.6) is 0 Å². The molecule has 1 aromatic heterocycles. The summed E-state index contributed by atoms with van der Waals surface area (Å²) in [7, 11) is 0. The fraction of sp³-hybridized carbons (Fsp3) is 0.471. The maximum atomic E-state index is 10.8. The Bertz CT molecular complexity index is 609. The summed E-state index contributed by atoms with van der Waals surface area (Å²) in [6.07, 6.45) is 1.57. The number of likely N-dealkylation sites (tertiary alicyclic amines) is 1. The Morgan fingerprint density at radius 2 is 2.10 bits per heavy atom. The van der Waals surface area contributed by atoms with Gasteiger partial charge in [0.1, 0.15) is 11.4 Å². The van der Waals surface area contributed by atoms with Crippen LogP contribution in [0.2, 0.25) is 0 Å². The van der Waals surface area contributed by atoms with E-state index < -0.39 is 5.60 Å². The third-order valence-corrected chi connectivity index (χ3v) is 4.24. The molecule has 0 aliphatic carbocycles. The molecule has 0 bridgehead atoms. The number of β-amino-alcohol motifs (C(OH)–C–C–N with tert-alkyl or cyclic N) is 1. The first-order chi connectivity index (χ1) is 10.1. The van der Waals surface area contributed by atoms with Crippen LogP contribution in [0.3, 0.4) is 0 Å². The summed E-state index contributed by atoms with van der Waals surface area (Å²) in [6, 6.07) is 9.93. The number of aliphatic hydroxyl groups is 1. The van der Waals surface area contributed by atoms with Gasteiger partial charge in [-0.05, 0) is 18.9 Å². The summed E-state index contributed by atoms with van der Waals surface area (Å²) in [6.45, 7) is 6.25. The molecule has 4 heteroatoms. The van der Waals surface area contributed by atoms with Gasteiger partial charge in [-0.25, -0.2) is 4.98 Å². The monoisotopic (exact) mass is 286 g/mol. The topological polar surface area (TPSA) is 49.5 Å². The van der Waals surface area contributed by atoms with Crippen LogP contribution in [-0.2, 0) is 18.6 Å². The van der Waals surface area contributed by atoms with Crippen molar-refractivity contribution >= 4 is 0 Å². The number of benzene rings is 1. The average Bonchev–Trinajstić information content (AvgIpc) is 3.05. The first kappa shape index (κ1) is 14.3. The van der Waals surface area contributed by atoms with E-state index in [1.54, 1.807) is 0 Å². The Balaban J connectivity index is 1.71. The van der Waals surface area contributed by atoms with Gasteiger partial charge in [0.15, 0.2) is 5.89 Å². The minimum atomic E-state index is -0.747. The van der Waals surface area contributed by atoms with Gasteiger partial charge in [-0.15, -0.1) is 0 Å². The summed E-state index contributed by atoms with van der Waals surface area (Å²) in [5.74, 6) is 1.71. The number of nitrogens with zero attached hydrogens (tertiary/aromatic N) is 2. The zero-order chi connectivity index (χ0) is 14.9. The third-order valence-electron chi connectivity index (χ3n) is 4.24. The van der Waals surface area contributed by atoms with Crippen molar-refractivity contribution in [1.29, 1.82) is 0 Å². The summed E-state index contributed by atoms with van der Waals surface area (Å²) in [5, 5.41) is 10.8. The van der Waals surface area contributed by atoms with E-state index in [4.69, 9.17) is 4.42 Å². The normalized spacial score (nSPS) is 22.8. The smallest absolute Gasteiger partial charge is 0.194 e. The molecule has 0 amide bonds. The molecule has 1 atom stereocenters. The molecule has 1 aromatic carbocycles. The Labute approximate surface area is 125 Å². The summed E-state index contributed by atoms with van der Waals surface area (Å²) in [4.78, 5) is 6.65. The van der Waals surface area contributed by atoms with Crippen molar-refractivity contribution in [3.8, 4) is 0 Å². The van der Waals surface area contributed by atoms with Gasteiger partial charge in [0.05, 0.1) is 12.2 Å². The molecule has 3 rings (SSSR count). The maximum absolute atomic E-state index is 10.8. The molecular formula is C17H22N2O2. The number of oxazole rings is 1. The first-order valence-electron chi connectivity index (χ1n) is 7.56. The predicted octanol–water partition coefficient (Wildman–Crippen LogP) is 2.64. The fourth-order valence-electron chi connectivity index (χ4n) is 2.98. The fourth-order valence-corrected chi connectivity index (χ4v) is 2.98. The van der Waals surface area contributed by atoms with Crippen molar-refractivity contribution in [2.75, 3.05) is 13.1 Å². The Morgan fingerprint density at radius 3 is 2.76 bits per heavy atom. The number of aryl methyl sites for hydroxylation is 2. The van der Waals surface area contributed by atoms with Gasteiger partial charge < -0.3 is 9.52 Å². The van der Waals surface area contributed by atoms with E-state index in [9.17, 15) is 5.11 Å².